The van der Waals surface area contributed by atoms with Gasteiger partial charge in [0.2, 0.25) is 17.7 Å². The van der Waals surface area contributed by atoms with Gasteiger partial charge in [0, 0.05) is 37.5 Å². The number of nitrogens with one attached hydrogen (secondary N) is 4. The van der Waals surface area contributed by atoms with E-state index < -0.39 is 29.3 Å². The Bertz CT molecular complexity index is 1140. The van der Waals surface area contributed by atoms with E-state index in [2.05, 4.69) is 21.3 Å². The van der Waals surface area contributed by atoms with E-state index >= 15 is 0 Å². The minimum absolute atomic E-state index is 0.236. The van der Waals surface area contributed by atoms with Gasteiger partial charge in [-0.05, 0) is 69.1 Å². The third-order valence-electron chi connectivity index (χ3n) is 7.54. The standard InChI is InChI=1S/C29H40N6O6/c1-2-20-9-11-21(12-10-20)33-25(38)22(8-6-18-32-28(30)41)34-27(40)29(15-7-16-29)26(39)31-17-4-3-5-19-35-23(36)13-14-24(35)37/h9-14,22H,2-8,15-19H2,1H3,(H,31,39)(H,33,38)(H,34,40)(H3,30,32,41)/t22-/m0/s1. The Hall–Kier alpha value is -4.22. The number of rotatable bonds is 16. The lowest BCUT2D eigenvalue weighted by molar-refractivity contribution is -0.151. The number of carbonyl (C=O) groups excluding carboxylic acids is 6. The molecule has 2 aliphatic rings. The number of urea groups is 1. The maximum Gasteiger partial charge on any atom is 0.312 e. The van der Waals surface area contributed by atoms with Crippen molar-refractivity contribution in [2.24, 2.45) is 11.1 Å². The highest BCUT2D eigenvalue weighted by Crippen LogP contribution is 2.41. The smallest absolute Gasteiger partial charge is 0.312 e. The van der Waals surface area contributed by atoms with E-state index in [9.17, 15) is 28.8 Å². The van der Waals surface area contributed by atoms with Crippen molar-refractivity contribution >= 4 is 41.3 Å². The van der Waals surface area contributed by atoms with Crippen molar-refractivity contribution in [2.45, 2.75) is 70.8 Å². The van der Waals surface area contributed by atoms with Crippen LogP contribution in [0.3, 0.4) is 0 Å². The van der Waals surface area contributed by atoms with Gasteiger partial charge in [-0.3, -0.25) is 28.9 Å². The highest BCUT2D eigenvalue weighted by atomic mass is 16.2. The molecule has 12 heteroatoms. The quantitative estimate of drug-likeness (QED) is 0.114. The number of nitrogens with two attached hydrogens (primary N) is 1. The normalized spacial score (nSPS) is 16.1. The van der Waals surface area contributed by atoms with E-state index in [1.165, 1.54) is 17.1 Å². The molecule has 0 bridgehead atoms. The molecule has 0 saturated heterocycles. The number of carbonyl (C=O) groups is 6. The summed E-state index contributed by atoms with van der Waals surface area (Å²) in [6, 6.07) is 5.82. The van der Waals surface area contributed by atoms with Crippen molar-refractivity contribution < 1.29 is 28.8 Å². The van der Waals surface area contributed by atoms with Crippen molar-refractivity contribution in [3.05, 3.63) is 42.0 Å². The number of unbranched alkanes of at least 4 members (excludes halogenated alkanes) is 2. The molecule has 1 atom stereocenters. The first kappa shape index (κ1) is 31.3. The Kier molecular flexibility index (Phi) is 11.4. The molecule has 1 aromatic carbocycles. The summed E-state index contributed by atoms with van der Waals surface area (Å²) < 4.78 is 0. The van der Waals surface area contributed by atoms with Crippen molar-refractivity contribution in [3.8, 4) is 0 Å². The van der Waals surface area contributed by atoms with Crippen LogP contribution >= 0.6 is 0 Å². The van der Waals surface area contributed by atoms with Crippen LogP contribution in [0.1, 0.15) is 63.9 Å². The zero-order valence-electron chi connectivity index (χ0n) is 23.5. The number of primary amides is 1. The summed E-state index contributed by atoms with van der Waals surface area (Å²) in [4.78, 5) is 75.1. The Labute approximate surface area is 239 Å². The molecule has 0 radical (unpaired) electrons. The number of hydrogen-bond acceptors (Lipinski definition) is 6. The summed E-state index contributed by atoms with van der Waals surface area (Å²) in [5.41, 5.74) is 5.59. The number of nitrogens with zero attached hydrogens (tertiary/aromatic N) is 1. The fraction of sp³-hybridized carbons (Fsp3) is 0.517. The zero-order chi connectivity index (χ0) is 29.8. The lowest BCUT2D eigenvalue weighted by Crippen LogP contribution is -2.58. The molecule has 1 aliphatic heterocycles. The highest BCUT2D eigenvalue weighted by molar-refractivity contribution is 6.12. The SMILES string of the molecule is CCc1ccc(NC(=O)[C@H](CCCNC(N)=O)NC(=O)C2(C(=O)NCCCCCN3C(=O)C=CC3=O)CCC2)cc1. The molecule has 1 aliphatic carbocycles. The van der Waals surface area contributed by atoms with Gasteiger partial charge in [-0.2, -0.15) is 0 Å². The van der Waals surface area contributed by atoms with Crippen LogP contribution in [0.25, 0.3) is 0 Å². The number of imide groups is 1. The molecule has 222 valence electrons. The topological polar surface area (TPSA) is 180 Å². The van der Waals surface area contributed by atoms with Gasteiger partial charge in [0.15, 0.2) is 0 Å². The Balaban J connectivity index is 1.52. The molecule has 1 saturated carbocycles. The van der Waals surface area contributed by atoms with Crippen LogP contribution in [0.2, 0.25) is 0 Å². The molecule has 1 aromatic rings. The lowest BCUT2D eigenvalue weighted by Gasteiger charge is -2.39. The van der Waals surface area contributed by atoms with Crippen molar-refractivity contribution in [3.63, 3.8) is 0 Å². The van der Waals surface area contributed by atoms with Gasteiger partial charge >= 0.3 is 6.03 Å². The maximum absolute atomic E-state index is 13.4. The Morgan fingerprint density at radius 2 is 1.56 bits per heavy atom. The molecule has 0 aromatic heterocycles. The molecular formula is C29H40N6O6. The molecule has 7 amide bonds. The first-order valence-corrected chi connectivity index (χ1v) is 14.2. The van der Waals surface area contributed by atoms with E-state index in [4.69, 9.17) is 5.73 Å². The van der Waals surface area contributed by atoms with Gasteiger partial charge in [-0.25, -0.2) is 4.79 Å². The van der Waals surface area contributed by atoms with E-state index in [0.717, 1.165) is 18.4 Å². The molecule has 1 heterocycles. The molecular weight excluding hydrogens is 528 g/mol. The van der Waals surface area contributed by atoms with Crippen molar-refractivity contribution in [1.82, 2.24) is 20.9 Å². The monoisotopic (exact) mass is 568 g/mol. The van der Waals surface area contributed by atoms with E-state index in [0.29, 0.717) is 57.3 Å². The van der Waals surface area contributed by atoms with Crippen LogP contribution in [0.4, 0.5) is 10.5 Å². The molecule has 0 unspecified atom stereocenters. The molecule has 6 N–H and O–H groups in total. The molecule has 3 rings (SSSR count). The summed E-state index contributed by atoms with van der Waals surface area (Å²) in [6.45, 7) is 2.95. The van der Waals surface area contributed by atoms with Crippen molar-refractivity contribution in [2.75, 3.05) is 25.0 Å². The average Bonchev–Trinajstić information content (AvgIpc) is 3.24. The summed E-state index contributed by atoms with van der Waals surface area (Å²) in [7, 11) is 0. The van der Waals surface area contributed by atoms with Crippen LogP contribution in [0, 0.1) is 5.41 Å². The largest absolute Gasteiger partial charge is 0.355 e. The second-order valence-corrected chi connectivity index (χ2v) is 10.4. The van der Waals surface area contributed by atoms with Crippen LogP contribution in [0.15, 0.2) is 36.4 Å². The van der Waals surface area contributed by atoms with Crippen LogP contribution in [0.5, 0.6) is 0 Å². The minimum atomic E-state index is -1.24. The average molecular weight is 569 g/mol. The number of benzene rings is 1. The number of hydrogen-bond donors (Lipinski definition) is 5. The Morgan fingerprint density at radius 3 is 2.15 bits per heavy atom. The number of amides is 7. The lowest BCUT2D eigenvalue weighted by atomic mass is 9.67. The van der Waals surface area contributed by atoms with Gasteiger partial charge < -0.3 is 27.0 Å². The van der Waals surface area contributed by atoms with Crippen molar-refractivity contribution in [1.29, 1.82) is 0 Å². The van der Waals surface area contributed by atoms with Gasteiger partial charge in [-0.15, -0.1) is 0 Å². The molecule has 0 spiro atoms. The predicted molar refractivity (Wildman–Crippen MR) is 152 cm³/mol. The third kappa shape index (κ3) is 8.63. The second kappa shape index (κ2) is 15.0. The summed E-state index contributed by atoms with van der Waals surface area (Å²) in [5, 5.41) is 10.9. The fourth-order valence-electron chi connectivity index (χ4n) is 4.82. The summed E-state index contributed by atoms with van der Waals surface area (Å²) in [6.07, 6.45) is 7.41. The number of aryl methyl sites for hydroxylation is 1. The minimum Gasteiger partial charge on any atom is -0.355 e. The molecule has 12 nitrogen and oxygen atoms in total. The van der Waals surface area contributed by atoms with E-state index in [1.807, 2.05) is 19.1 Å². The molecule has 1 fully saturated rings. The first-order chi connectivity index (χ1) is 19.7. The first-order valence-electron chi connectivity index (χ1n) is 14.2. The highest BCUT2D eigenvalue weighted by Gasteiger charge is 2.51. The second-order valence-electron chi connectivity index (χ2n) is 10.4. The van der Waals surface area contributed by atoms with E-state index in [1.54, 1.807) is 12.1 Å². The van der Waals surface area contributed by atoms with Gasteiger partial charge in [0.1, 0.15) is 11.5 Å². The summed E-state index contributed by atoms with van der Waals surface area (Å²) in [5.74, 6) is -1.91. The fourth-order valence-corrected chi connectivity index (χ4v) is 4.82. The van der Waals surface area contributed by atoms with Crippen LogP contribution in [-0.2, 0) is 30.4 Å². The van der Waals surface area contributed by atoms with Crippen LogP contribution < -0.4 is 27.0 Å². The number of anilines is 1. The van der Waals surface area contributed by atoms with E-state index in [-0.39, 0.29) is 30.7 Å². The van der Waals surface area contributed by atoms with Gasteiger partial charge in [0.05, 0.1) is 0 Å². The summed E-state index contributed by atoms with van der Waals surface area (Å²) >= 11 is 0. The maximum atomic E-state index is 13.4. The predicted octanol–water partition coefficient (Wildman–Crippen LogP) is 1.50. The van der Waals surface area contributed by atoms with Gasteiger partial charge in [-0.1, -0.05) is 25.5 Å². The zero-order valence-corrected chi connectivity index (χ0v) is 23.5. The van der Waals surface area contributed by atoms with Gasteiger partial charge in [0.25, 0.3) is 11.8 Å². The Morgan fingerprint density at radius 1 is 0.902 bits per heavy atom. The van der Waals surface area contributed by atoms with Crippen LogP contribution in [-0.4, -0.2) is 66.1 Å². The third-order valence-corrected chi connectivity index (χ3v) is 7.54. The molecule has 41 heavy (non-hydrogen) atoms.